The van der Waals surface area contributed by atoms with E-state index in [-0.39, 0.29) is 24.1 Å². The average Bonchev–Trinajstić information content (AvgIpc) is 2.40. The van der Waals surface area contributed by atoms with Crippen LogP contribution < -0.4 is 20.7 Å². The van der Waals surface area contributed by atoms with Crippen LogP contribution in [0.25, 0.3) is 0 Å². The van der Waals surface area contributed by atoms with Crippen molar-refractivity contribution in [2.75, 3.05) is 5.43 Å². The van der Waals surface area contributed by atoms with E-state index in [1.165, 1.54) is 0 Å². The van der Waals surface area contributed by atoms with Crippen LogP contribution in [0.1, 0.15) is 13.8 Å². The van der Waals surface area contributed by atoms with Gasteiger partial charge in [-0.3, -0.25) is 5.43 Å². The standard InChI is InChI=1S/C12H14ClN5O2/c1-7(2)19-11-15-10(18-14)16-12(17-11)20-9-5-3-8(13)4-6-9/h3-7H,14H2,1-2H3,(H,15,16,17,18). The summed E-state index contributed by atoms with van der Waals surface area (Å²) in [6, 6.07) is 7.00. The third-order valence-electron chi connectivity index (χ3n) is 2.09. The summed E-state index contributed by atoms with van der Waals surface area (Å²) in [5, 5.41) is 0.612. The molecule has 0 amide bonds. The molecule has 0 atom stereocenters. The number of hydrazine groups is 1. The van der Waals surface area contributed by atoms with Gasteiger partial charge in [-0.05, 0) is 38.1 Å². The highest BCUT2D eigenvalue weighted by molar-refractivity contribution is 6.30. The van der Waals surface area contributed by atoms with Gasteiger partial charge in [-0.1, -0.05) is 11.6 Å². The second kappa shape index (κ2) is 6.36. The monoisotopic (exact) mass is 295 g/mol. The van der Waals surface area contributed by atoms with Gasteiger partial charge in [0.05, 0.1) is 6.10 Å². The molecule has 106 valence electrons. The molecule has 0 bridgehead atoms. The summed E-state index contributed by atoms with van der Waals surface area (Å²) in [6.45, 7) is 3.72. The summed E-state index contributed by atoms with van der Waals surface area (Å²) >= 11 is 5.80. The zero-order chi connectivity index (χ0) is 14.5. The van der Waals surface area contributed by atoms with Crippen LogP contribution in [0.2, 0.25) is 5.02 Å². The van der Waals surface area contributed by atoms with Gasteiger partial charge in [0.2, 0.25) is 5.95 Å². The molecule has 1 heterocycles. The molecule has 0 aliphatic carbocycles. The second-order valence-electron chi connectivity index (χ2n) is 4.09. The Balaban J connectivity index is 2.23. The summed E-state index contributed by atoms with van der Waals surface area (Å²) in [6.07, 6.45) is -0.0774. The number of nitrogens with one attached hydrogen (secondary N) is 1. The molecule has 3 N–H and O–H groups in total. The predicted octanol–water partition coefficient (Wildman–Crippen LogP) is 2.39. The quantitative estimate of drug-likeness (QED) is 0.646. The van der Waals surface area contributed by atoms with Gasteiger partial charge in [-0.25, -0.2) is 5.84 Å². The minimum Gasteiger partial charge on any atom is -0.461 e. The smallest absolute Gasteiger partial charge is 0.330 e. The van der Waals surface area contributed by atoms with Crippen LogP contribution in [0.4, 0.5) is 5.95 Å². The van der Waals surface area contributed by atoms with Crippen molar-refractivity contribution in [2.45, 2.75) is 20.0 Å². The van der Waals surface area contributed by atoms with E-state index in [2.05, 4.69) is 20.4 Å². The maximum atomic E-state index is 5.80. The molecule has 20 heavy (non-hydrogen) atoms. The third kappa shape index (κ3) is 3.94. The zero-order valence-electron chi connectivity index (χ0n) is 11.0. The van der Waals surface area contributed by atoms with E-state index in [9.17, 15) is 0 Å². The Morgan fingerprint density at radius 1 is 1.10 bits per heavy atom. The minimum absolute atomic E-state index is 0.0749. The molecular weight excluding hydrogens is 282 g/mol. The number of rotatable bonds is 5. The SMILES string of the molecule is CC(C)Oc1nc(NN)nc(Oc2ccc(Cl)cc2)n1. The van der Waals surface area contributed by atoms with Gasteiger partial charge < -0.3 is 9.47 Å². The second-order valence-corrected chi connectivity index (χ2v) is 4.53. The maximum absolute atomic E-state index is 5.80. The Morgan fingerprint density at radius 2 is 1.75 bits per heavy atom. The lowest BCUT2D eigenvalue weighted by molar-refractivity contribution is 0.218. The number of nitrogens with two attached hydrogens (primary N) is 1. The molecule has 8 heteroatoms. The molecule has 7 nitrogen and oxygen atoms in total. The molecule has 2 aromatic rings. The summed E-state index contributed by atoms with van der Waals surface area (Å²) in [5.74, 6) is 5.99. The first-order valence-electron chi connectivity index (χ1n) is 5.89. The molecular formula is C12H14ClN5O2. The first-order valence-corrected chi connectivity index (χ1v) is 6.27. The highest BCUT2D eigenvalue weighted by Crippen LogP contribution is 2.22. The molecule has 1 aromatic heterocycles. The lowest BCUT2D eigenvalue weighted by Crippen LogP contribution is -2.14. The fourth-order valence-electron chi connectivity index (χ4n) is 1.32. The van der Waals surface area contributed by atoms with Crippen molar-refractivity contribution in [3.05, 3.63) is 29.3 Å². The van der Waals surface area contributed by atoms with E-state index >= 15 is 0 Å². The van der Waals surface area contributed by atoms with E-state index < -0.39 is 0 Å². The Hall–Kier alpha value is -2.12. The summed E-state index contributed by atoms with van der Waals surface area (Å²) in [4.78, 5) is 12.0. The average molecular weight is 296 g/mol. The summed E-state index contributed by atoms with van der Waals surface area (Å²) in [5.41, 5.74) is 2.33. The number of aromatic nitrogens is 3. The van der Waals surface area contributed by atoms with Gasteiger partial charge in [0.15, 0.2) is 0 Å². The number of hydrogen-bond acceptors (Lipinski definition) is 7. The first-order chi connectivity index (χ1) is 9.56. The van der Waals surface area contributed by atoms with Crippen molar-refractivity contribution >= 4 is 17.5 Å². The van der Waals surface area contributed by atoms with Crippen LogP contribution >= 0.6 is 11.6 Å². The van der Waals surface area contributed by atoms with Gasteiger partial charge in [0.25, 0.3) is 0 Å². The number of benzene rings is 1. The molecule has 0 spiro atoms. The van der Waals surface area contributed by atoms with Gasteiger partial charge in [0.1, 0.15) is 5.75 Å². The van der Waals surface area contributed by atoms with Crippen molar-refractivity contribution in [1.29, 1.82) is 0 Å². The molecule has 0 saturated heterocycles. The maximum Gasteiger partial charge on any atom is 0.330 e. The van der Waals surface area contributed by atoms with Crippen LogP contribution in [-0.4, -0.2) is 21.1 Å². The van der Waals surface area contributed by atoms with Crippen LogP contribution in [0.3, 0.4) is 0 Å². The predicted molar refractivity (Wildman–Crippen MR) is 74.9 cm³/mol. The van der Waals surface area contributed by atoms with Crippen LogP contribution in [0.5, 0.6) is 17.8 Å². The topological polar surface area (TPSA) is 95.2 Å². The first kappa shape index (κ1) is 14.3. The van der Waals surface area contributed by atoms with Crippen molar-refractivity contribution in [2.24, 2.45) is 5.84 Å². The summed E-state index contributed by atoms with van der Waals surface area (Å²) < 4.78 is 10.9. The lowest BCUT2D eigenvalue weighted by Gasteiger charge is -2.10. The number of hydrogen-bond donors (Lipinski definition) is 2. The highest BCUT2D eigenvalue weighted by atomic mass is 35.5. The highest BCUT2D eigenvalue weighted by Gasteiger charge is 2.10. The van der Waals surface area contributed by atoms with Gasteiger partial charge in [-0.15, -0.1) is 4.98 Å². The third-order valence-corrected chi connectivity index (χ3v) is 2.34. The van der Waals surface area contributed by atoms with Crippen LogP contribution in [-0.2, 0) is 0 Å². The Kier molecular flexibility index (Phi) is 4.54. The molecule has 0 unspecified atom stereocenters. The Labute approximate surface area is 121 Å². The molecule has 0 saturated carbocycles. The number of halogens is 1. The minimum atomic E-state index is -0.0774. The Morgan fingerprint density at radius 3 is 2.35 bits per heavy atom. The number of nitrogen functional groups attached to an aromatic ring is 1. The molecule has 1 aromatic carbocycles. The van der Waals surface area contributed by atoms with Crippen LogP contribution in [0.15, 0.2) is 24.3 Å². The zero-order valence-corrected chi connectivity index (χ0v) is 11.8. The van der Waals surface area contributed by atoms with E-state index in [1.807, 2.05) is 13.8 Å². The van der Waals surface area contributed by atoms with E-state index in [4.69, 9.17) is 26.9 Å². The fraction of sp³-hybridized carbons (Fsp3) is 0.250. The molecule has 0 aliphatic heterocycles. The number of nitrogens with zero attached hydrogens (tertiary/aromatic N) is 3. The van der Waals surface area contributed by atoms with Gasteiger partial charge in [-0.2, -0.15) is 9.97 Å². The van der Waals surface area contributed by atoms with Crippen molar-refractivity contribution in [3.8, 4) is 17.8 Å². The van der Waals surface area contributed by atoms with Crippen molar-refractivity contribution in [1.82, 2.24) is 15.0 Å². The lowest BCUT2D eigenvalue weighted by atomic mass is 10.3. The van der Waals surface area contributed by atoms with Crippen molar-refractivity contribution in [3.63, 3.8) is 0 Å². The molecule has 0 fully saturated rings. The number of ether oxygens (including phenoxy) is 2. The Bertz CT molecular complexity index is 577. The normalized spacial score (nSPS) is 10.4. The fourth-order valence-corrected chi connectivity index (χ4v) is 1.45. The van der Waals surface area contributed by atoms with Gasteiger partial charge in [0, 0.05) is 5.02 Å². The van der Waals surface area contributed by atoms with E-state index in [0.717, 1.165) is 0 Å². The largest absolute Gasteiger partial charge is 0.461 e. The molecule has 0 radical (unpaired) electrons. The number of anilines is 1. The molecule has 2 rings (SSSR count). The van der Waals surface area contributed by atoms with E-state index in [1.54, 1.807) is 24.3 Å². The molecule has 0 aliphatic rings. The van der Waals surface area contributed by atoms with E-state index in [0.29, 0.717) is 10.8 Å². The van der Waals surface area contributed by atoms with Gasteiger partial charge >= 0.3 is 12.0 Å². The van der Waals surface area contributed by atoms with Crippen LogP contribution in [0, 0.1) is 0 Å². The summed E-state index contributed by atoms with van der Waals surface area (Å²) in [7, 11) is 0. The van der Waals surface area contributed by atoms with Crippen molar-refractivity contribution < 1.29 is 9.47 Å².